The molecule has 134 valence electrons. The highest BCUT2D eigenvalue weighted by atomic mass is 19.1. The van der Waals surface area contributed by atoms with E-state index in [4.69, 9.17) is 10.00 Å². The number of ether oxygens (including phenoxy) is 1. The lowest BCUT2D eigenvalue weighted by molar-refractivity contribution is -0.119. The summed E-state index contributed by atoms with van der Waals surface area (Å²) in [5.74, 6) is 0.0911. The lowest BCUT2D eigenvalue weighted by Crippen LogP contribution is -2.33. The highest BCUT2D eigenvalue weighted by Crippen LogP contribution is 2.57. The molecule has 0 bridgehead atoms. The monoisotopic (exact) mass is 355 g/mol. The van der Waals surface area contributed by atoms with Gasteiger partial charge in [-0.1, -0.05) is 6.08 Å². The molecule has 0 unspecified atom stereocenters. The first kappa shape index (κ1) is 16.6. The van der Waals surface area contributed by atoms with E-state index >= 15 is 0 Å². The molecule has 1 aromatic carbocycles. The first-order valence-electron chi connectivity index (χ1n) is 8.60. The zero-order valence-electron chi connectivity index (χ0n) is 14.2. The molecule has 2 amide bonds. The number of nitrogens with zero attached hydrogens (tertiary/aromatic N) is 2. The van der Waals surface area contributed by atoms with Crippen molar-refractivity contribution in [2.24, 2.45) is 17.8 Å². The van der Waals surface area contributed by atoms with E-state index in [0.29, 0.717) is 17.2 Å². The number of hydrogen-bond acceptors (Lipinski definition) is 4. The Morgan fingerprint density at radius 2 is 2.31 bits per heavy atom. The third-order valence-electron chi connectivity index (χ3n) is 5.29. The maximum atomic E-state index is 14.6. The number of cyclic esters (lactones) is 1. The molecule has 4 atom stereocenters. The summed E-state index contributed by atoms with van der Waals surface area (Å²) in [6.07, 6.45) is 1.72. The van der Waals surface area contributed by atoms with Gasteiger partial charge in [-0.25, -0.2) is 9.18 Å². The van der Waals surface area contributed by atoms with Crippen LogP contribution in [0.3, 0.4) is 0 Å². The van der Waals surface area contributed by atoms with Crippen molar-refractivity contribution in [1.29, 1.82) is 5.26 Å². The zero-order chi connectivity index (χ0) is 18.4. The summed E-state index contributed by atoms with van der Waals surface area (Å²) < 4.78 is 19.8. The van der Waals surface area contributed by atoms with Crippen LogP contribution in [0.4, 0.5) is 14.9 Å². The van der Waals surface area contributed by atoms with E-state index < -0.39 is 12.2 Å². The summed E-state index contributed by atoms with van der Waals surface area (Å²) in [5.41, 5.74) is 1.89. The summed E-state index contributed by atoms with van der Waals surface area (Å²) >= 11 is 0. The number of carbonyl (C=O) groups is 2. The van der Waals surface area contributed by atoms with Gasteiger partial charge in [0, 0.05) is 12.5 Å². The van der Waals surface area contributed by atoms with Crippen molar-refractivity contribution >= 4 is 23.3 Å². The van der Waals surface area contributed by atoms with Crippen molar-refractivity contribution in [3.05, 3.63) is 35.7 Å². The van der Waals surface area contributed by atoms with E-state index in [1.807, 2.05) is 6.08 Å². The molecule has 3 aliphatic rings. The molecule has 0 spiro atoms. The molecule has 2 fully saturated rings. The number of anilines is 1. The molecule has 1 N–H and O–H groups in total. The van der Waals surface area contributed by atoms with Crippen LogP contribution < -0.4 is 10.2 Å². The maximum Gasteiger partial charge on any atom is 0.414 e. The predicted molar refractivity (Wildman–Crippen MR) is 91.4 cm³/mol. The Morgan fingerprint density at radius 1 is 1.50 bits per heavy atom. The van der Waals surface area contributed by atoms with E-state index in [1.54, 1.807) is 12.1 Å². The summed E-state index contributed by atoms with van der Waals surface area (Å²) in [4.78, 5) is 24.4. The molecule has 7 heteroatoms. The Hall–Kier alpha value is -2.88. The van der Waals surface area contributed by atoms with Crippen molar-refractivity contribution in [3.63, 3.8) is 0 Å². The van der Waals surface area contributed by atoms with Crippen LogP contribution in [0, 0.1) is 34.9 Å². The molecule has 1 aliphatic heterocycles. The van der Waals surface area contributed by atoms with Crippen LogP contribution in [0.5, 0.6) is 0 Å². The van der Waals surface area contributed by atoms with Gasteiger partial charge in [-0.2, -0.15) is 5.26 Å². The van der Waals surface area contributed by atoms with Gasteiger partial charge in [0.1, 0.15) is 11.9 Å². The lowest BCUT2D eigenvalue weighted by Gasteiger charge is -2.15. The minimum absolute atomic E-state index is 0.0843. The van der Waals surface area contributed by atoms with Gasteiger partial charge in [-0.15, -0.1) is 0 Å². The number of hydrogen-bond donors (Lipinski definition) is 1. The fourth-order valence-corrected chi connectivity index (χ4v) is 3.86. The van der Waals surface area contributed by atoms with Crippen molar-refractivity contribution in [3.8, 4) is 6.07 Å². The Bertz CT molecular complexity index is 860. The van der Waals surface area contributed by atoms with Crippen LogP contribution in [0.15, 0.2) is 24.3 Å². The van der Waals surface area contributed by atoms with Crippen LogP contribution in [0.2, 0.25) is 0 Å². The molecule has 1 aromatic rings. The highest BCUT2D eigenvalue weighted by Gasteiger charge is 2.53. The lowest BCUT2D eigenvalue weighted by atomic mass is 10.00. The van der Waals surface area contributed by atoms with Crippen molar-refractivity contribution < 1.29 is 18.7 Å². The number of benzene rings is 1. The third kappa shape index (κ3) is 2.81. The second-order valence-electron chi connectivity index (χ2n) is 7.01. The molecular weight excluding hydrogens is 337 g/mol. The molecule has 4 rings (SSSR count). The summed E-state index contributed by atoms with van der Waals surface area (Å²) in [6, 6.07) is 6.99. The van der Waals surface area contributed by atoms with Gasteiger partial charge in [-0.05, 0) is 42.0 Å². The first-order chi connectivity index (χ1) is 12.5. The summed E-state index contributed by atoms with van der Waals surface area (Å²) in [6.45, 7) is 1.88. The molecule has 1 saturated heterocycles. The van der Waals surface area contributed by atoms with Crippen LogP contribution in [-0.4, -0.2) is 31.2 Å². The number of carbonyl (C=O) groups excluding carboxylic acids is 2. The maximum absolute atomic E-state index is 14.6. The average Bonchev–Trinajstić information content (AvgIpc) is 2.93. The number of halogens is 1. The van der Waals surface area contributed by atoms with Gasteiger partial charge in [0.15, 0.2) is 0 Å². The second-order valence-corrected chi connectivity index (χ2v) is 7.01. The summed E-state index contributed by atoms with van der Waals surface area (Å²) in [5, 5.41) is 11.6. The quantitative estimate of drug-likeness (QED) is 0.899. The molecule has 0 aromatic heterocycles. The standard InChI is InChI=1S/C19H18FN3O3/c1-10(24)22-8-13-9-23(19(25)26-13)12-2-3-14(18(20)6-12)11-4-15-16(5-11)17(15)7-21/h2-4,6,13,15-17H,5,8-9H2,1H3,(H,22,24)/t13-,15+,16-,17+/m0/s1. The number of fused-ring (bicyclic) bond motifs is 1. The van der Waals surface area contributed by atoms with E-state index in [0.717, 1.165) is 12.0 Å². The predicted octanol–water partition coefficient (Wildman–Crippen LogP) is 2.46. The smallest absolute Gasteiger partial charge is 0.414 e. The average molecular weight is 355 g/mol. The highest BCUT2D eigenvalue weighted by molar-refractivity contribution is 5.90. The van der Waals surface area contributed by atoms with Gasteiger partial charge in [-0.3, -0.25) is 9.69 Å². The van der Waals surface area contributed by atoms with Gasteiger partial charge < -0.3 is 10.1 Å². The number of nitriles is 1. The Balaban J connectivity index is 1.47. The van der Waals surface area contributed by atoms with E-state index in [-0.39, 0.29) is 36.6 Å². The van der Waals surface area contributed by atoms with Crippen molar-refractivity contribution in [1.82, 2.24) is 5.32 Å². The van der Waals surface area contributed by atoms with Crippen LogP contribution >= 0.6 is 0 Å². The first-order valence-corrected chi connectivity index (χ1v) is 8.60. The number of allylic oxidation sites excluding steroid dienone is 2. The molecule has 2 aliphatic carbocycles. The van der Waals surface area contributed by atoms with Crippen molar-refractivity contribution in [2.75, 3.05) is 18.0 Å². The van der Waals surface area contributed by atoms with Crippen LogP contribution in [-0.2, 0) is 9.53 Å². The van der Waals surface area contributed by atoms with Gasteiger partial charge in [0.05, 0.1) is 30.8 Å². The second kappa shape index (κ2) is 6.13. The molecule has 0 radical (unpaired) electrons. The van der Waals surface area contributed by atoms with Crippen molar-refractivity contribution in [2.45, 2.75) is 19.4 Å². The number of rotatable bonds is 4. The molecule has 26 heavy (non-hydrogen) atoms. The normalized spacial score (nSPS) is 28.9. The third-order valence-corrected chi connectivity index (χ3v) is 5.29. The largest absolute Gasteiger partial charge is 0.442 e. The van der Waals surface area contributed by atoms with E-state index in [9.17, 15) is 14.0 Å². The molecule has 1 heterocycles. The Kier molecular flexibility index (Phi) is 3.91. The summed E-state index contributed by atoms with van der Waals surface area (Å²) in [7, 11) is 0. The fraction of sp³-hybridized carbons (Fsp3) is 0.421. The number of nitrogens with one attached hydrogen (secondary N) is 1. The fourth-order valence-electron chi connectivity index (χ4n) is 3.86. The van der Waals surface area contributed by atoms with Gasteiger partial charge >= 0.3 is 6.09 Å². The molecular formula is C19H18FN3O3. The Morgan fingerprint density at radius 3 is 2.92 bits per heavy atom. The van der Waals surface area contributed by atoms with Crippen LogP contribution in [0.25, 0.3) is 5.57 Å². The molecule has 6 nitrogen and oxygen atoms in total. The van der Waals surface area contributed by atoms with Gasteiger partial charge in [0.2, 0.25) is 5.91 Å². The topological polar surface area (TPSA) is 82.4 Å². The Labute approximate surface area is 150 Å². The minimum Gasteiger partial charge on any atom is -0.442 e. The molecule has 1 saturated carbocycles. The van der Waals surface area contributed by atoms with E-state index in [2.05, 4.69) is 11.4 Å². The zero-order valence-corrected chi connectivity index (χ0v) is 14.2. The van der Waals surface area contributed by atoms with Crippen LogP contribution in [0.1, 0.15) is 18.9 Å². The minimum atomic E-state index is -0.550. The van der Waals surface area contributed by atoms with E-state index in [1.165, 1.54) is 17.9 Å². The SMILES string of the molecule is CC(=O)NC[C@H]1CN(c2ccc(C3=C[C@H]4[C@@H](C#N)[C@H]4C3)c(F)c2)C(=O)O1. The van der Waals surface area contributed by atoms with Gasteiger partial charge in [0.25, 0.3) is 0 Å². The number of amides is 2.